The second-order valence-electron chi connectivity index (χ2n) is 4.90. The monoisotopic (exact) mass is 296 g/mol. The number of aryl methyl sites for hydroxylation is 1. The summed E-state index contributed by atoms with van der Waals surface area (Å²) in [6.45, 7) is 0. The Hall–Kier alpha value is -2.07. The average molecular weight is 296 g/mol. The lowest BCUT2D eigenvalue weighted by Crippen LogP contribution is -2.08. The maximum Gasteiger partial charge on any atom is 0.170 e. The summed E-state index contributed by atoms with van der Waals surface area (Å²) in [4.78, 5) is 18.1. The first-order chi connectivity index (χ1) is 10.2. The number of hydrogen-bond acceptors (Lipinski definition) is 3. The molecule has 0 N–H and O–H groups in total. The van der Waals surface area contributed by atoms with Crippen LogP contribution < -0.4 is 0 Å². The van der Waals surface area contributed by atoms with Crippen LogP contribution in [0.5, 0.6) is 0 Å². The molecule has 0 saturated heterocycles. The van der Waals surface area contributed by atoms with Crippen LogP contribution >= 0.6 is 11.8 Å². The Bertz CT molecular complexity index is 790. The predicted octanol–water partition coefficient (Wildman–Crippen LogP) is 3.72. The zero-order valence-corrected chi connectivity index (χ0v) is 12.9. The van der Waals surface area contributed by atoms with Crippen molar-refractivity contribution in [3.05, 3.63) is 59.9 Å². The van der Waals surface area contributed by atoms with Crippen molar-refractivity contribution in [2.24, 2.45) is 7.05 Å². The van der Waals surface area contributed by atoms with Crippen molar-refractivity contribution in [1.29, 1.82) is 0 Å². The van der Waals surface area contributed by atoms with E-state index in [0.717, 1.165) is 27.3 Å². The summed E-state index contributed by atoms with van der Waals surface area (Å²) < 4.78 is 1.99. The fourth-order valence-electron chi connectivity index (χ4n) is 2.38. The summed E-state index contributed by atoms with van der Waals surface area (Å²) in [5, 5.41) is 0. The lowest BCUT2D eigenvalue weighted by atomic mass is 10.1. The molecule has 106 valence electrons. The SMILES string of the molecule is CSc1ccc(C(=O)Cc2nc3ccccc3n2C)cc1. The molecule has 0 bridgehead atoms. The minimum absolute atomic E-state index is 0.0982. The number of rotatable bonds is 4. The van der Waals surface area contributed by atoms with Crippen molar-refractivity contribution >= 4 is 28.6 Å². The number of fused-ring (bicyclic) bond motifs is 1. The van der Waals surface area contributed by atoms with Gasteiger partial charge in [0.15, 0.2) is 5.78 Å². The fourth-order valence-corrected chi connectivity index (χ4v) is 2.78. The van der Waals surface area contributed by atoms with Crippen molar-refractivity contribution < 1.29 is 4.79 Å². The number of benzene rings is 2. The van der Waals surface area contributed by atoms with E-state index < -0.39 is 0 Å². The molecule has 0 aliphatic carbocycles. The van der Waals surface area contributed by atoms with Crippen LogP contribution in [0.15, 0.2) is 53.4 Å². The summed E-state index contributed by atoms with van der Waals surface area (Å²) in [5.74, 6) is 0.899. The van der Waals surface area contributed by atoms with E-state index in [9.17, 15) is 4.79 Å². The van der Waals surface area contributed by atoms with Crippen LogP contribution in [0, 0.1) is 0 Å². The maximum atomic E-state index is 12.4. The van der Waals surface area contributed by atoms with Gasteiger partial charge in [0.25, 0.3) is 0 Å². The van der Waals surface area contributed by atoms with E-state index in [1.807, 2.05) is 66.4 Å². The highest BCUT2D eigenvalue weighted by molar-refractivity contribution is 7.98. The molecule has 21 heavy (non-hydrogen) atoms. The van der Waals surface area contributed by atoms with Crippen molar-refractivity contribution in [2.45, 2.75) is 11.3 Å². The van der Waals surface area contributed by atoms with Gasteiger partial charge in [-0.25, -0.2) is 4.98 Å². The molecule has 0 amide bonds. The lowest BCUT2D eigenvalue weighted by molar-refractivity contribution is 0.0990. The summed E-state index contributed by atoms with van der Waals surface area (Å²) in [5.41, 5.74) is 2.72. The highest BCUT2D eigenvalue weighted by Crippen LogP contribution is 2.18. The second-order valence-corrected chi connectivity index (χ2v) is 5.78. The molecule has 0 aliphatic rings. The van der Waals surface area contributed by atoms with Gasteiger partial charge in [0.05, 0.1) is 17.5 Å². The highest BCUT2D eigenvalue weighted by atomic mass is 32.2. The molecule has 3 nitrogen and oxygen atoms in total. The minimum Gasteiger partial charge on any atom is -0.331 e. The van der Waals surface area contributed by atoms with E-state index in [1.165, 1.54) is 0 Å². The van der Waals surface area contributed by atoms with Gasteiger partial charge in [0.1, 0.15) is 5.82 Å². The number of nitrogens with zero attached hydrogens (tertiary/aromatic N) is 2. The first kappa shape index (κ1) is 13.9. The van der Waals surface area contributed by atoms with E-state index in [1.54, 1.807) is 11.8 Å². The molecule has 1 aromatic heterocycles. The number of thioether (sulfide) groups is 1. The van der Waals surface area contributed by atoms with Gasteiger partial charge < -0.3 is 4.57 Å². The molecule has 3 rings (SSSR count). The summed E-state index contributed by atoms with van der Waals surface area (Å²) in [6.07, 6.45) is 2.35. The smallest absolute Gasteiger partial charge is 0.170 e. The van der Waals surface area contributed by atoms with E-state index in [0.29, 0.717) is 6.42 Å². The zero-order valence-electron chi connectivity index (χ0n) is 12.0. The molecule has 4 heteroatoms. The van der Waals surface area contributed by atoms with Crippen molar-refractivity contribution in [3.63, 3.8) is 0 Å². The lowest BCUT2D eigenvalue weighted by Gasteiger charge is -2.03. The maximum absolute atomic E-state index is 12.4. The number of carbonyl (C=O) groups excluding carboxylic acids is 1. The van der Waals surface area contributed by atoms with Crippen LogP contribution in [0.4, 0.5) is 0 Å². The Morgan fingerprint density at radius 1 is 1.14 bits per heavy atom. The molecule has 1 heterocycles. The standard InChI is InChI=1S/C17H16N2OS/c1-19-15-6-4-3-5-14(15)18-17(19)11-16(20)12-7-9-13(21-2)10-8-12/h3-10H,11H2,1-2H3. The van der Waals surface area contributed by atoms with Crippen LogP contribution in [-0.2, 0) is 13.5 Å². The number of hydrogen-bond donors (Lipinski definition) is 0. The van der Waals surface area contributed by atoms with Gasteiger partial charge in [-0.15, -0.1) is 11.8 Å². The quantitative estimate of drug-likeness (QED) is 0.543. The molecule has 0 atom stereocenters. The van der Waals surface area contributed by atoms with Crippen molar-refractivity contribution in [1.82, 2.24) is 9.55 Å². The Balaban J connectivity index is 1.87. The van der Waals surface area contributed by atoms with Gasteiger partial charge in [0.2, 0.25) is 0 Å². The van der Waals surface area contributed by atoms with Crippen molar-refractivity contribution in [3.8, 4) is 0 Å². The Labute approximate surface area is 128 Å². The Kier molecular flexibility index (Phi) is 3.80. The summed E-state index contributed by atoms with van der Waals surface area (Å²) in [6, 6.07) is 15.7. The zero-order chi connectivity index (χ0) is 14.8. The van der Waals surface area contributed by atoms with E-state index in [2.05, 4.69) is 4.98 Å². The third kappa shape index (κ3) is 2.72. The van der Waals surface area contributed by atoms with Crippen LogP contribution in [0.3, 0.4) is 0 Å². The number of para-hydroxylation sites is 2. The van der Waals surface area contributed by atoms with E-state index in [-0.39, 0.29) is 5.78 Å². The number of carbonyl (C=O) groups is 1. The molecular weight excluding hydrogens is 280 g/mol. The third-order valence-electron chi connectivity index (χ3n) is 3.61. The number of aromatic nitrogens is 2. The molecule has 2 aromatic carbocycles. The predicted molar refractivity (Wildman–Crippen MR) is 87.0 cm³/mol. The fraction of sp³-hybridized carbons (Fsp3) is 0.176. The molecular formula is C17H16N2OS. The second kappa shape index (κ2) is 5.74. The summed E-state index contributed by atoms with van der Waals surface area (Å²) in [7, 11) is 1.95. The molecule has 0 spiro atoms. The number of Topliss-reactive ketones (excluding diaryl/α,β-unsaturated/α-hetero) is 1. The molecule has 0 aliphatic heterocycles. The average Bonchev–Trinajstić information content (AvgIpc) is 2.84. The minimum atomic E-state index is 0.0982. The largest absolute Gasteiger partial charge is 0.331 e. The van der Waals surface area contributed by atoms with E-state index >= 15 is 0 Å². The normalized spacial score (nSPS) is 11.0. The molecule has 0 unspecified atom stereocenters. The van der Waals surface area contributed by atoms with Crippen LogP contribution in [-0.4, -0.2) is 21.6 Å². The molecule has 0 saturated carbocycles. The van der Waals surface area contributed by atoms with Gasteiger partial charge >= 0.3 is 0 Å². The van der Waals surface area contributed by atoms with Gasteiger partial charge in [-0.1, -0.05) is 24.3 Å². The van der Waals surface area contributed by atoms with Crippen LogP contribution in [0.25, 0.3) is 11.0 Å². The van der Waals surface area contributed by atoms with Gasteiger partial charge in [-0.3, -0.25) is 4.79 Å². The Morgan fingerprint density at radius 2 is 1.86 bits per heavy atom. The van der Waals surface area contributed by atoms with Gasteiger partial charge in [-0.2, -0.15) is 0 Å². The first-order valence-corrected chi connectivity index (χ1v) is 7.99. The van der Waals surface area contributed by atoms with Crippen LogP contribution in [0.1, 0.15) is 16.2 Å². The summed E-state index contributed by atoms with van der Waals surface area (Å²) >= 11 is 1.67. The first-order valence-electron chi connectivity index (χ1n) is 6.76. The van der Waals surface area contributed by atoms with Crippen molar-refractivity contribution in [2.75, 3.05) is 6.26 Å². The number of ketones is 1. The van der Waals surface area contributed by atoms with E-state index in [4.69, 9.17) is 0 Å². The van der Waals surface area contributed by atoms with Crippen LogP contribution in [0.2, 0.25) is 0 Å². The highest BCUT2D eigenvalue weighted by Gasteiger charge is 2.13. The van der Waals surface area contributed by atoms with Gasteiger partial charge in [-0.05, 0) is 30.5 Å². The third-order valence-corrected chi connectivity index (χ3v) is 4.35. The number of imidazole rings is 1. The molecule has 3 aromatic rings. The topological polar surface area (TPSA) is 34.9 Å². The molecule has 0 radical (unpaired) electrons. The Morgan fingerprint density at radius 3 is 2.52 bits per heavy atom. The van der Waals surface area contributed by atoms with Gasteiger partial charge in [0, 0.05) is 17.5 Å². The molecule has 0 fully saturated rings.